The Hall–Kier alpha value is -1.98. The van der Waals surface area contributed by atoms with Gasteiger partial charge >= 0.3 is 0 Å². The number of Topliss-reactive ketones (excluding diaryl/α,β-unsaturated/α-hetero) is 2. The summed E-state index contributed by atoms with van der Waals surface area (Å²) in [5.74, 6) is 9.25. The summed E-state index contributed by atoms with van der Waals surface area (Å²) in [5, 5.41) is 38.8. The first kappa shape index (κ1) is 41.7. The van der Waals surface area contributed by atoms with Gasteiger partial charge < -0.3 is 10.2 Å². The molecule has 8 aliphatic carbocycles. The van der Waals surface area contributed by atoms with Crippen molar-refractivity contribution in [3.8, 4) is 0 Å². The van der Waals surface area contributed by atoms with E-state index in [1.165, 1.54) is 77.0 Å². The van der Waals surface area contributed by atoms with Crippen molar-refractivity contribution < 1.29 is 19.8 Å². The molecular weight excluding hydrogens is 780 g/mol. The van der Waals surface area contributed by atoms with E-state index in [0.29, 0.717) is 35.3 Å². The third-order valence-electron chi connectivity index (χ3n) is 18.5. The Labute approximate surface area is 349 Å². The lowest BCUT2D eigenvalue weighted by Gasteiger charge is -2.56. The molecule has 2 aromatic rings. The van der Waals surface area contributed by atoms with E-state index < -0.39 is 11.2 Å². The average molecular weight is 852 g/mol. The summed E-state index contributed by atoms with van der Waals surface area (Å²) < 4.78 is 1.68. The van der Waals surface area contributed by atoms with Gasteiger partial charge in [-0.1, -0.05) is 35.0 Å². The van der Waals surface area contributed by atoms with Gasteiger partial charge in [-0.25, -0.2) is 4.68 Å². The summed E-state index contributed by atoms with van der Waals surface area (Å²) in [4.78, 5) is 25.6. The van der Waals surface area contributed by atoms with E-state index in [4.69, 9.17) is 0 Å². The zero-order valence-electron chi connectivity index (χ0n) is 35.2. The number of carbonyl (C=O) groups is 2. The van der Waals surface area contributed by atoms with Crippen molar-refractivity contribution in [2.45, 2.75) is 161 Å². The highest BCUT2D eigenvalue weighted by molar-refractivity contribution is 9.09. The van der Waals surface area contributed by atoms with Crippen LogP contribution in [-0.2, 0) is 16.1 Å². The highest BCUT2D eigenvalue weighted by atomic mass is 79.9. The number of nitrogens with one attached hydrogen (secondary N) is 1. The molecule has 11 heteroatoms. The van der Waals surface area contributed by atoms with Gasteiger partial charge in [0.15, 0.2) is 5.78 Å². The lowest BCUT2D eigenvalue weighted by Crippen LogP contribution is -2.51. The summed E-state index contributed by atoms with van der Waals surface area (Å²) in [6.07, 6.45) is 28.0. The number of hydrogen-bond donors (Lipinski definition) is 3. The van der Waals surface area contributed by atoms with E-state index in [0.717, 1.165) is 91.8 Å². The van der Waals surface area contributed by atoms with Gasteiger partial charge in [-0.2, -0.15) is 15.4 Å². The summed E-state index contributed by atoms with van der Waals surface area (Å²) in [7, 11) is 0. The quantitative estimate of drug-likeness (QED) is 0.254. The molecule has 10 rings (SSSR count). The summed E-state index contributed by atoms with van der Waals surface area (Å²) in [6, 6.07) is 0. The maximum absolute atomic E-state index is 13.1. The van der Waals surface area contributed by atoms with Crippen molar-refractivity contribution in [1.82, 2.24) is 30.4 Å². The van der Waals surface area contributed by atoms with Gasteiger partial charge in [0.25, 0.3) is 0 Å². The molecule has 8 aliphatic rings. The fourth-order valence-electron chi connectivity index (χ4n) is 16.1. The van der Waals surface area contributed by atoms with Crippen molar-refractivity contribution in [1.29, 1.82) is 0 Å². The summed E-state index contributed by atoms with van der Waals surface area (Å²) >= 11 is 3.42. The highest BCUT2D eigenvalue weighted by Gasteiger charge is 2.60. The van der Waals surface area contributed by atoms with Crippen LogP contribution in [0.2, 0.25) is 0 Å². The second kappa shape index (κ2) is 16.5. The number of alkyl halides is 1. The van der Waals surface area contributed by atoms with Gasteiger partial charge in [0, 0.05) is 18.0 Å². The van der Waals surface area contributed by atoms with Crippen LogP contribution in [0.4, 0.5) is 0 Å². The van der Waals surface area contributed by atoms with Gasteiger partial charge in [0.1, 0.15) is 12.3 Å². The fourth-order valence-corrected chi connectivity index (χ4v) is 16.5. The van der Waals surface area contributed by atoms with Gasteiger partial charge in [-0.3, -0.25) is 9.59 Å². The summed E-state index contributed by atoms with van der Waals surface area (Å²) in [6.45, 7) is 9.31. The predicted octanol–water partition coefficient (Wildman–Crippen LogP) is 8.64. The molecule has 0 aliphatic heterocycles. The van der Waals surface area contributed by atoms with Crippen LogP contribution < -0.4 is 0 Å². The zero-order chi connectivity index (χ0) is 40.2. The molecule has 16 atom stereocenters. The Balaban J connectivity index is 0.000000143. The molecule has 0 amide bonds. The molecule has 0 bridgehead atoms. The van der Waals surface area contributed by atoms with Crippen LogP contribution in [0, 0.1) is 81.8 Å². The molecule has 0 spiro atoms. The standard InChI is InChI=1S/C23H35N3O2.C21H33BrO2.C2H3N3/c1-22(28)9-7-16-15(13-22)3-4-18-17(16)8-10-23(2)19(18)5-6-20(23)21(27)14-26-12-11-24-25-26;1-20(24)9-7-14-13(11-20)3-4-16-15(14)8-10-21(2)17(16)5-6-18(21)19(23)12-22;1-2-4-5-3-1/h11-12,15-20,28H,3-10,13-14H2,1-2H3;13-18,24H,3-12H2,1-2H3;1-2H,(H,3,4,5)/t15-,16+,17-,18-,19+,20-,22-,23+;13-,14+,15-,16-,17+,18-,20-,21+;/m11./s1. The zero-order valence-corrected chi connectivity index (χ0v) is 36.8. The Kier molecular flexibility index (Phi) is 12.1. The average Bonchev–Trinajstić information content (AvgIpc) is 4.02. The van der Waals surface area contributed by atoms with Crippen LogP contribution in [0.5, 0.6) is 0 Å². The minimum absolute atomic E-state index is 0.172. The number of aromatic amines is 1. The number of fused-ring (bicyclic) bond motifs is 10. The van der Waals surface area contributed by atoms with Crippen LogP contribution in [0.3, 0.4) is 0 Å². The van der Waals surface area contributed by atoms with Gasteiger partial charge in [-0.15, -0.1) is 5.10 Å². The number of halogens is 1. The Morgan fingerprint density at radius 1 is 0.632 bits per heavy atom. The number of hydrogen-bond acceptors (Lipinski definition) is 8. The minimum Gasteiger partial charge on any atom is -0.390 e. The molecule has 8 fully saturated rings. The Morgan fingerprint density at radius 3 is 1.56 bits per heavy atom. The topological polar surface area (TPSA) is 147 Å². The monoisotopic (exact) mass is 850 g/mol. The van der Waals surface area contributed by atoms with Crippen LogP contribution >= 0.6 is 15.9 Å². The Morgan fingerprint density at radius 2 is 1.12 bits per heavy atom. The lowest BCUT2D eigenvalue weighted by molar-refractivity contribution is -0.133. The maximum Gasteiger partial charge on any atom is 0.157 e. The maximum atomic E-state index is 13.1. The van der Waals surface area contributed by atoms with E-state index in [2.05, 4.69) is 55.5 Å². The largest absolute Gasteiger partial charge is 0.390 e. The van der Waals surface area contributed by atoms with Crippen LogP contribution in [0.1, 0.15) is 143 Å². The SMILES string of the molecule is C[C@@]1(O)CC[C@H]2[C@H](CC[C@@H]3[C@@H]2CC[C@]2(C)[C@@H](C(=O)CBr)CC[C@@H]32)C1.C[C@@]1(O)CC[C@H]2[C@H](CC[C@@H]3[C@@H]2CC[C@]2(C)[C@@H](C(=O)Cn4ccnn4)CC[C@@H]32)C1.c1cn[nH]n1. The first-order valence-corrected chi connectivity index (χ1v) is 24.0. The van der Waals surface area contributed by atoms with Crippen molar-refractivity contribution in [3.05, 3.63) is 24.8 Å². The molecule has 8 saturated carbocycles. The second-order valence-corrected chi connectivity index (χ2v) is 22.1. The molecule has 316 valence electrons. The van der Waals surface area contributed by atoms with Gasteiger partial charge in [-0.05, 0) is 199 Å². The molecule has 2 aromatic heterocycles. The second-order valence-electron chi connectivity index (χ2n) is 21.5. The number of nitrogens with zero attached hydrogens (tertiary/aromatic N) is 5. The van der Waals surface area contributed by atoms with Crippen molar-refractivity contribution in [2.24, 2.45) is 81.8 Å². The smallest absolute Gasteiger partial charge is 0.157 e. The third-order valence-corrected chi connectivity index (χ3v) is 19.1. The van der Waals surface area contributed by atoms with E-state index in [-0.39, 0.29) is 16.7 Å². The third kappa shape index (κ3) is 8.14. The molecule has 57 heavy (non-hydrogen) atoms. The van der Waals surface area contributed by atoms with E-state index in [9.17, 15) is 19.8 Å². The number of aliphatic hydroxyl groups is 2. The fraction of sp³-hybridized carbons (Fsp3) is 0.870. The van der Waals surface area contributed by atoms with Crippen molar-refractivity contribution in [2.75, 3.05) is 5.33 Å². The van der Waals surface area contributed by atoms with Crippen LogP contribution in [0.15, 0.2) is 24.8 Å². The molecular formula is C46H71BrN6O4. The molecule has 3 N–H and O–H groups in total. The number of carbonyl (C=O) groups excluding carboxylic acids is 2. The number of aromatic nitrogens is 6. The predicted molar refractivity (Wildman–Crippen MR) is 223 cm³/mol. The van der Waals surface area contributed by atoms with Crippen LogP contribution in [-0.4, -0.2) is 68.7 Å². The van der Waals surface area contributed by atoms with Gasteiger partial charge in [0.05, 0.1) is 35.1 Å². The Bertz CT molecular complexity index is 1650. The molecule has 0 aromatic carbocycles. The molecule has 0 unspecified atom stereocenters. The molecule has 0 saturated heterocycles. The summed E-state index contributed by atoms with van der Waals surface area (Å²) in [5.41, 5.74) is -0.424. The molecule has 0 radical (unpaired) electrons. The number of rotatable bonds is 5. The first-order valence-electron chi connectivity index (χ1n) is 22.9. The highest BCUT2D eigenvalue weighted by Crippen LogP contribution is 2.66. The van der Waals surface area contributed by atoms with E-state index in [1.54, 1.807) is 29.5 Å². The number of H-pyrrole nitrogens is 1. The first-order chi connectivity index (χ1) is 27.2. The minimum atomic E-state index is -0.441. The molecule has 2 heterocycles. The van der Waals surface area contributed by atoms with Crippen LogP contribution in [0.25, 0.3) is 0 Å². The van der Waals surface area contributed by atoms with Crippen molar-refractivity contribution >= 4 is 27.5 Å². The molecule has 10 nitrogen and oxygen atoms in total. The van der Waals surface area contributed by atoms with E-state index >= 15 is 0 Å². The van der Waals surface area contributed by atoms with Gasteiger partial charge in [0.2, 0.25) is 0 Å². The normalized spacial score (nSPS) is 46.9. The number of ketones is 2. The van der Waals surface area contributed by atoms with E-state index in [1.807, 2.05) is 13.8 Å². The van der Waals surface area contributed by atoms with Crippen molar-refractivity contribution in [3.63, 3.8) is 0 Å². The lowest BCUT2D eigenvalue weighted by atomic mass is 9.49.